The monoisotopic (exact) mass is 287 g/mol. The second-order valence-corrected chi connectivity index (χ2v) is 4.50. The number of benzene rings is 1. The fourth-order valence-electron chi connectivity index (χ4n) is 1.77. The summed E-state index contributed by atoms with van der Waals surface area (Å²) in [4.78, 5) is 23.4. The number of nitrogens with one attached hydrogen (secondary N) is 2. The van der Waals surface area contributed by atoms with Crippen LogP contribution in [0.25, 0.3) is 0 Å². The quantitative estimate of drug-likeness (QED) is 0.692. The highest BCUT2D eigenvalue weighted by atomic mass is 16.2. The molecule has 0 radical (unpaired) electrons. The number of hydrogen-bond acceptors (Lipinski definition) is 3. The molecule has 0 heterocycles. The first-order chi connectivity index (χ1) is 10.1. The Kier molecular flexibility index (Phi) is 6.99. The standard InChI is InChI=1S/C16H21N3O2/c1-3-18-15(20)8-10-19-16(21)14-11-13(5-4-9-17)7-6-12(14)2/h6-7,11H,3,8-10,17H2,1-2H3,(H,18,20)(H,19,21). The molecule has 0 saturated heterocycles. The van der Waals surface area contributed by atoms with Gasteiger partial charge >= 0.3 is 0 Å². The van der Waals surface area contributed by atoms with Gasteiger partial charge in [-0.1, -0.05) is 17.9 Å². The molecule has 1 aromatic rings. The van der Waals surface area contributed by atoms with Crippen LogP contribution in [0.1, 0.15) is 34.8 Å². The predicted octanol–water partition coefficient (Wildman–Crippen LogP) is 0.561. The third kappa shape index (κ3) is 5.67. The first-order valence-corrected chi connectivity index (χ1v) is 6.93. The van der Waals surface area contributed by atoms with Gasteiger partial charge in [-0.05, 0) is 31.5 Å². The maximum atomic E-state index is 12.1. The maximum Gasteiger partial charge on any atom is 0.251 e. The van der Waals surface area contributed by atoms with Crippen LogP contribution in [-0.2, 0) is 4.79 Å². The van der Waals surface area contributed by atoms with Gasteiger partial charge in [0, 0.05) is 30.6 Å². The van der Waals surface area contributed by atoms with E-state index < -0.39 is 0 Å². The summed E-state index contributed by atoms with van der Waals surface area (Å²) in [5, 5.41) is 5.42. The molecule has 5 nitrogen and oxygen atoms in total. The number of carbonyl (C=O) groups is 2. The van der Waals surface area contributed by atoms with Gasteiger partial charge in [-0.25, -0.2) is 0 Å². The summed E-state index contributed by atoms with van der Waals surface area (Å²) in [7, 11) is 0. The summed E-state index contributed by atoms with van der Waals surface area (Å²) in [6.07, 6.45) is 0.269. The lowest BCUT2D eigenvalue weighted by atomic mass is 10.0. The third-order valence-electron chi connectivity index (χ3n) is 2.83. The molecule has 0 bridgehead atoms. The Hall–Kier alpha value is -2.32. The van der Waals surface area contributed by atoms with Gasteiger partial charge in [0.15, 0.2) is 0 Å². The normalized spacial score (nSPS) is 9.48. The SMILES string of the molecule is CCNC(=O)CCNC(=O)c1cc(C#CCN)ccc1C. The molecule has 0 spiro atoms. The molecule has 112 valence electrons. The number of carbonyl (C=O) groups excluding carboxylic acids is 2. The molecule has 0 atom stereocenters. The summed E-state index contributed by atoms with van der Waals surface area (Å²) in [6, 6.07) is 5.43. The fourth-order valence-corrected chi connectivity index (χ4v) is 1.77. The molecule has 0 saturated carbocycles. The van der Waals surface area contributed by atoms with E-state index in [1.807, 2.05) is 26.0 Å². The average Bonchev–Trinajstić information content (AvgIpc) is 2.46. The molecule has 0 fully saturated rings. The zero-order chi connectivity index (χ0) is 15.7. The van der Waals surface area contributed by atoms with Crippen molar-refractivity contribution in [1.29, 1.82) is 0 Å². The second kappa shape index (κ2) is 8.77. The summed E-state index contributed by atoms with van der Waals surface area (Å²) in [5.74, 6) is 5.38. The van der Waals surface area contributed by atoms with Gasteiger partial charge in [0.1, 0.15) is 0 Å². The van der Waals surface area contributed by atoms with Crippen molar-refractivity contribution in [3.63, 3.8) is 0 Å². The highest BCUT2D eigenvalue weighted by Crippen LogP contribution is 2.10. The summed E-state index contributed by atoms with van der Waals surface area (Å²) in [5.41, 5.74) is 7.51. The Bertz CT molecular complexity index is 571. The van der Waals surface area contributed by atoms with Gasteiger partial charge in [0.05, 0.1) is 6.54 Å². The number of amides is 2. The summed E-state index contributed by atoms with van der Waals surface area (Å²) in [6.45, 7) is 4.89. The van der Waals surface area contributed by atoms with Crippen molar-refractivity contribution in [3.05, 3.63) is 34.9 Å². The molecule has 21 heavy (non-hydrogen) atoms. The molecule has 4 N–H and O–H groups in total. The van der Waals surface area contributed by atoms with Crippen molar-refractivity contribution in [2.45, 2.75) is 20.3 Å². The zero-order valence-corrected chi connectivity index (χ0v) is 12.5. The molecule has 0 unspecified atom stereocenters. The summed E-state index contributed by atoms with van der Waals surface area (Å²) >= 11 is 0. The van der Waals surface area contributed by atoms with Crippen LogP contribution in [0, 0.1) is 18.8 Å². The highest BCUT2D eigenvalue weighted by Gasteiger charge is 2.09. The van der Waals surface area contributed by atoms with Crippen LogP contribution < -0.4 is 16.4 Å². The van der Waals surface area contributed by atoms with Crippen molar-refractivity contribution < 1.29 is 9.59 Å². The Morgan fingerprint density at radius 3 is 2.71 bits per heavy atom. The lowest BCUT2D eigenvalue weighted by Crippen LogP contribution is -2.30. The number of rotatable bonds is 5. The van der Waals surface area contributed by atoms with Crippen molar-refractivity contribution in [3.8, 4) is 11.8 Å². The predicted molar refractivity (Wildman–Crippen MR) is 82.7 cm³/mol. The lowest BCUT2D eigenvalue weighted by molar-refractivity contribution is -0.120. The minimum Gasteiger partial charge on any atom is -0.356 e. The molecule has 0 aliphatic heterocycles. The van der Waals surface area contributed by atoms with E-state index in [2.05, 4.69) is 22.5 Å². The van der Waals surface area contributed by atoms with E-state index in [-0.39, 0.29) is 24.8 Å². The topological polar surface area (TPSA) is 84.2 Å². The van der Waals surface area contributed by atoms with Gasteiger partial charge in [-0.2, -0.15) is 0 Å². The largest absolute Gasteiger partial charge is 0.356 e. The van der Waals surface area contributed by atoms with Crippen molar-refractivity contribution in [1.82, 2.24) is 10.6 Å². The smallest absolute Gasteiger partial charge is 0.251 e. The van der Waals surface area contributed by atoms with Crippen molar-refractivity contribution >= 4 is 11.8 Å². The first kappa shape index (κ1) is 16.7. The maximum absolute atomic E-state index is 12.1. The molecule has 5 heteroatoms. The molecular weight excluding hydrogens is 266 g/mol. The zero-order valence-electron chi connectivity index (χ0n) is 12.5. The van der Waals surface area contributed by atoms with Gasteiger partial charge in [0.2, 0.25) is 5.91 Å². The van der Waals surface area contributed by atoms with E-state index in [4.69, 9.17) is 5.73 Å². The third-order valence-corrected chi connectivity index (χ3v) is 2.83. The number of nitrogens with two attached hydrogens (primary N) is 1. The van der Waals surface area contributed by atoms with E-state index >= 15 is 0 Å². The van der Waals surface area contributed by atoms with Gasteiger partial charge in [-0.15, -0.1) is 0 Å². The van der Waals surface area contributed by atoms with Gasteiger partial charge in [-0.3, -0.25) is 9.59 Å². The van der Waals surface area contributed by atoms with Gasteiger partial charge in [0.25, 0.3) is 5.91 Å². The van der Waals surface area contributed by atoms with Crippen LogP contribution in [0.3, 0.4) is 0 Å². The van der Waals surface area contributed by atoms with Crippen molar-refractivity contribution in [2.75, 3.05) is 19.6 Å². The molecule has 1 aromatic carbocycles. The average molecular weight is 287 g/mol. The van der Waals surface area contributed by atoms with E-state index in [9.17, 15) is 9.59 Å². The van der Waals surface area contributed by atoms with Gasteiger partial charge < -0.3 is 16.4 Å². The Morgan fingerprint density at radius 2 is 2.05 bits per heavy atom. The second-order valence-electron chi connectivity index (χ2n) is 4.50. The number of hydrogen-bond donors (Lipinski definition) is 3. The van der Waals surface area contributed by atoms with E-state index in [0.717, 1.165) is 11.1 Å². The van der Waals surface area contributed by atoms with Crippen LogP contribution in [-0.4, -0.2) is 31.4 Å². The van der Waals surface area contributed by atoms with Crippen LogP contribution in [0.2, 0.25) is 0 Å². The number of aryl methyl sites for hydroxylation is 1. The van der Waals surface area contributed by atoms with Crippen molar-refractivity contribution in [2.24, 2.45) is 5.73 Å². The minimum absolute atomic E-state index is 0.0721. The minimum atomic E-state index is -0.201. The van der Waals surface area contributed by atoms with Crippen LogP contribution >= 0.6 is 0 Å². The Balaban J connectivity index is 2.67. The lowest BCUT2D eigenvalue weighted by Gasteiger charge is -2.08. The van der Waals surface area contributed by atoms with E-state index in [1.54, 1.807) is 6.07 Å². The molecular formula is C16H21N3O2. The molecule has 0 aliphatic carbocycles. The molecule has 0 aliphatic rings. The summed E-state index contributed by atoms with van der Waals surface area (Å²) < 4.78 is 0. The van der Waals surface area contributed by atoms with Crippen LogP contribution in [0.4, 0.5) is 0 Å². The fraction of sp³-hybridized carbons (Fsp3) is 0.375. The van der Waals surface area contributed by atoms with Crippen LogP contribution in [0.15, 0.2) is 18.2 Å². The molecule has 2 amide bonds. The van der Waals surface area contributed by atoms with Crippen LogP contribution in [0.5, 0.6) is 0 Å². The van der Waals surface area contributed by atoms with E-state index in [1.165, 1.54) is 0 Å². The van der Waals surface area contributed by atoms with E-state index in [0.29, 0.717) is 18.7 Å². The Labute approximate surface area is 125 Å². The first-order valence-electron chi connectivity index (χ1n) is 6.93. The Morgan fingerprint density at radius 1 is 1.29 bits per heavy atom. The highest BCUT2D eigenvalue weighted by molar-refractivity contribution is 5.96. The molecule has 0 aromatic heterocycles. The molecule has 1 rings (SSSR count).